The molecular formula is C11H17NO4. The number of nitrogens with one attached hydrogen (secondary N) is 1. The van der Waals surface area contributed by atoms with E-state index in [2.05, 4.69) is 5.32 Å². The van der Waals surface area contributed by atoms with Crippen LogP contribution >= 0.6 is 0 Å². The fraction of sp³-hybridized carbons (Fsp3) is 0.636. The number of carbonyl (C=O) groups excluding carboxylic acids is 1. The van der Waals surface area contributed by atoms with Crippen LogP contribution in [0.15, 0.2) is 11.8 Å². The molecule has 0 saturated carbocycles. The summed E-state index contributed by atoms with van der Waals surface area (Å²) in [7, 11) is 0. The molecule has 0 aromatic rings. The molecule has 1 aliphatic rings. The summed E-state index contributed by atoms with van der Waals surface area (Å²) < 4.78 is 5.37. The number of ether oxygens (including phenoxy) is 1. The molecule has 2 N–H and O–H groups in total. The van der Waals surface area contributed by atoms with Gasteiger partial charge in [0.15, 0.2) is 0 Å². The molecule has 1 heterocycles. The Hall–Kier alpha value is -1.36. The van der Waals surface area contributed by atoms with Crippen molar-refractivity contribution in [2.24, 2.45) is 0 Å². The molecular weight excluding hydrogens is 210 g/mol. The Balaban J connectivity index is 2.27. The van der Waals surface area contributed by atoms with Crippen molar-refractivity contribution < 1.29 is 19.4 Å². The fourth-order valence-electron chi connectivity index (χ4n) is 1.63. The van der Waals surface area contributed by atoms with Crippen molar-refractivity contribution in [3.63, 3.8) is 0 Å². The van der Waals surface area contributed by atoms with Gasteiger partial charge in [-0.15, -0.1) is 0 Å². The van der Waals surface area contributed by atoms with E-state index < -0.39 is 5.97 Å². The summed E-state index contributed by atoms with van der Waals surface area (Å²) >= 11 is 0. The van der Waals surface area contributed by atoms with Gasteiger partial charge in [0, 0.05) is 13.0 Å². The molecule has 90 valence electrons. The molecule has 0 bridgehead atoms. The van der Waals surface area contributed by atoms with Gasteiger partial charge in [-0.3, -0.25) is 4.79 Å². The number of amides is 1. The van der Waals surface area contributed by atoms with Crippen molar-refractivity contribution in [2.45, 2.75) is 38.7 Å². The zero-order valence-electron chi connectivity index (χ0n) is 9.36. The zero-order valence-corrected chi connectivity index (χ0v) is 9.36. The smallest absolute Gasteiger partial charge is 0.352 e. The third kappa shape index (κ3) is 4.02. The van der Waals surface area contributed by atoms with Gasteiger partial charge in [-0.25, -0.2) is 4.79 Å². The molecule has 0 aromatic heterocycles. The number of hydrogen-bond donors (Lipinski definition) is 2. The van der Waals surface area contributed by atoms with Gasteiger partial charge in [-0.05, 0) is 26.2 Å². The third-order valence-corrected chi connectivity index (χ3v) is 2.51. The van der Waals surface area contributed by atoms with Crippen LogP contribution in [-0.2, 0) is 14.3 Å². The predicted octanol–water partition coefficient (Wildman–Crippen LogP) is 1.05. The van der Waals surface area contributed by atoms with Crippen molar-refractivity contribution in [2.75, 3.05) is 6.61 Å². The van der Waals surface area contributed by atoms with E-state index in [-0.39, 0.29) is 17.7 Å². The minimum Gasteiger partial charge on any atom is -0.477 e. The molecule has 1 rings (SSSR count). The number of allylic oxidation sites excluding steroid dienone is 1. The molecule has 0 spiro atoms. The molecule has 16 heavy (non-hydrogen) atoms. The maximum Gasteiger partial charge on any atom is 0.352 e. The summed E-state index contributed by atoms with van der Waals surface area (Å²) in [4.78, 5) is 22.0. The minimum absolute atomic E-state index is 0.0719. The average Bonchev–Trinajstić information content (AvgIpc) is 2.75. The van der Waals surface area contributed by atoms with Gasteiger partial charge < -0.3 is 15.2 Å². The van der Waals surface area contributed by atoms with E-state index in [9.17, 15) is 9.59 Å². The summed E-state index contributed by atoms with van der Waals surface area (Å²) in [5.74, 6) is -1.39. The van der Waals surface area contributed by atoms with Crippen LogP contribution in [0.3, 0.4) is 0 Å². The summed E-state index contributed by atoms with van der Waals surface area (Å²) in [6, 6.07) is 0. The van der Waals surface area contributed by atoms with Gasteiger partial charge in [0.2, 0.25) is 5.91 Å². The van der Waals surface area contributed by atoms with Gasteiger partial charge in [0.05, 0.1) is 6.10 Å². The molecule has 1 amide bonds. The van der Waals surface area contributed by atoms with Crippen LogP contribution in [0.2, 0.25) is 0 Å². The van der Waals surface area contributed by atoms with Crippen LogP contribution in [0.25, 0.3) is 0 Å². The Kier molecular flexibility index (Phi) is 4.98. The van der Waals surface area contributed by atoms with E-state index in [1.165, 1.54) is 6.08 Å². The van der Waals surface area contributed by atoms with Crippen LogP contribution in [-0.4, -0.2) is 29.7 Å². The maximum atomic E-state index is 11.4. The molecule has 0 radical (unpaired) electrons. The largest absolute Gasteiger partial charge is 0.477 e. The lowest BCUT2D eigenvalue weighted by molar-refractivity contribution is -0.134. The summed E-state index contributed by atoms with van der Waals surface area (Å²) in [5.41, 5.74) is -0.0719. The number of carboxylic acid groups (broad SMARTS) is 1. The van der Waals surface area contributed by atoms with Crippen molar-refractivity contribution in [3.05, 3.63) is 11.8 Å². The number of hydrogen-bond acceptors (Lipinski definition) is 3. The molecule has 5 heteroatoms. The van der Waals surface area contributed by atoms with Gasteiger partial charge in [-0.1, -0.05) is 6.08 Å². The Morgan fingerprint density at radius 1 is 1.56 bits per heavy atom. The predicted molar refractivity (Wildman–Crippen MR) is 57.7 cm³/mol. The highest BCUT2D eigenvalue weighted by Gasteiger charge is 2.17. The normalized spacial score (nSPS) is 20.8. The molecule has 0 aromatic carbocycles. The van der Waals surface area contributed by atoms with Crippen molar-refractivity contribution in [3.8, 4) is 0 Å². The number of rotatable bonds is 5. The monoisotopic (exact) mass is 227 g/mol. The summed E-state index contributed by atoms with van der Waals surface area (Å²) in [5, 5.41) is 11.1. The number of aliphatic carboxylic acids is 1. The van der Waals surface area contributed by atoms with Gasteiger partial charge in [-0.2, -0.15) is 0 Å². The maximum absolute atomic E-state index is 11.4. The second-order valence-electron chi connectivity index (χ2n) is 3.73. The van der Waals surface area contributed by atoms with E-state index in [1.54, 1.807) is 6.92 Å². The van der Waals surface area contributed by atoms with Gasteiger partial charge in [0.25, 0.3) is 0 Å². The molecule has 1 fully saturated rings. The first kappa shape index (κ1) is 12.7. The Bertz CT molecular complexity index is 292. The van der Waals surface area contributed by atoms with Crippen LogP contribution in [0.5, 0.6) is 0 Å². The first-order valence-electron chi connectivity index (χ1n) is 5.44. The zero-order chi connectivity index (χ0) is 12.0. The van der Waals surface area contributed by atoms with Gasteiger partial charge >= 0.3 is 5.97 Å². The second kappa shape index (κ2) is 6.27. The number of carboxylic acids is 1. The standard InChI is InChI=1S/C11H17NO4/c1-2-9(11(14)15)12-10(13)6-5-8-4-3-7-16-8/h2,8H,3-7H2,1H3,(H,12,13)(H,14,15)/b9-2+. The van der Waals surface area contributed by atoms with Crippen LogP contribution < -0.4 is 5.32 Å². The topological polar surface area (TPSA) is 75.6 Å². The van der Waals surface area contributed by atoms with Crippen molar-refractivity contribution in [1.29, 1.82) is 0 Å². The molecule has 5 nitrogen and oxygen atoms in total. The van der Waals surface area contributed by atoms with Crippen LogP contribution in [0.1, 0.15) is 32.6 Å². The van der Waals surface area contributed by atoms with E-state index in [0.29, 0.717) is 12.8 Å². The average molecular weight is 227 g/mol. The first-order chi connectivity index (χ1) is 7.63. The molecule has 1 saturated heterocycles. The van der Waals surface area contributed by atoms with Gasteiger partial charge in [0.1, 0.15) is 5.70 Å². The Morgan fingerprint density at radius 3 is 2.81 bits per heavy atom. The SMILES string of the molecule is C/C=C(/NC(=O)CCC1CCCO1)C(=O)O. The third-order valence-electron chi connectivity index (χ3n) is 2.51. The highest BCUT2D eigenvalue weighted by Crippen LogP contribution is 2.16. The fourth-order valence-corrected chi connectivity index (χ4v) is 1.63. The summed E-state index contributed by atoms with van der Waals surface area (Å²) in [6.07, 6.45) is 4.51. The molecule has 1 aliphatic heterocycles. The van der Waals surface area contributed by atoms with E-state index in [4.69, 9.17) is 9.84 Å². The first-order valence-corrected chi connectivity index (χ1v) is 5.44. The Morgan fingerprint density at radius 2 is 2.31 bits per heavy atom. The van der Waals surface area contributed by atoms with Crippen LogP contribution in [0, 0.1) is 0 Å². The van der Waals surface area contributed by atoms with E-state index in [1.807, 2.05) is 0 Å². The lowest BCUT2D eigenvalue weighted by Gasteiger charge is -2.09. The lowest BCUT2D eigenvalue weighted by atomic mass is 10.1. The number of carbonyl (C=O) groups is 2. The molecule has 1 atom stereocenters. The Labute approximate surface area is 94.5 Å². The van der Waals surface area contributed by atoms with E-state index in [0.717, 1.165) is 19.4 Å². The minimum atomic E-state index is -1.12. The molecule has 1 unspecified atom stereocenters. The van der Waals surface area contributed by atoms with Crippen LogP contribution in [0.4, 0.5) is 0 Å². The quantitative estimate of drug-likeness (QED) is 0.688. The van der Waals surface area contributed by atoms with E-state index >= 15 is 0 Å². The van der Waals surface area contributed by atoms with Crippen molar-refractivity contribution >= 4 is 11.9 Å². The highest BCUT2D eigenvalue weighted by molar-refractivity contribution is 5.92. The summed E-state index contributed by atoms with van der Waals surface area (Å²) in [6.45, 7) is 2.34. The van der Waals surface area contributed by atoms with Crippen molar-refractivity contribution in [1.82, 2.24) is 5.32 Å². The second-order valence-corrected chi connectivity index (χ2v) is 3.73. The highest BCUT2D eigenvalue weighted by atomic mass is 16.5. The molecule has 0 aliphatic carbocycles. The lowest BCUT2D eigenvalue weighted by Crippen LogP contribution is -2.27.